The maximum atomic E-state index is 12.2. The number of fused-ring (bicyclic) bond motifs is 1. The number of hydrogen-bond acceptors (Lipinski definition) is 3. The predicted octanol–water partition coefficient (Wildman–Crippen LogP) is 2.44. The molecule has 2 aromatic carbocycles. The van der Waals surface area contributed by atoms with Gasteiger partial charge in [-0.25, -0.2) is 0 Å². The molecule has 0 radical (unpaired) electrons. The number of ether oxygens (including phenoxy) is 1. The maximum absolute atomic E-state index is 12.2. The molecule has 5 nitrogen and oxygen atoms in total. The number of benzene rings is 2. The molecule has 1 aliphatic heterocycles. The molecule has 23 heavy (non-hydrogen) atoms. The van der Waals surface area contributed by atoms with Crippen molar-refractivity contribution in [1.82, 2.24) is 5.32 Å². The van der Waals surface area contributed by atoms with Gasteiger partial charge in [-0.05, 0) is 30.2 Å². The van der Waals surface area contributed by atoms with Crippen LogP contribution in [0.1, 0.15) is 24.1 Å². The van der Waals surface area contributed by atoms with Gasteiger partial charge in [-0.1, -0.05) is 36.4 Å². The van der Waals surface area contributed by atoms with Crippen molar-refractivity contribution in [2.45, 2.75) is 19.4 Å². The lowest BCUT2D eigenvalue weighted by atomic mass is 10.1. The molecule has 118 valence electrons. The Hall–Kier alpha value is -2.82. The van der Waals surface area contributed by atoms with Crippen LogP contribution in [0.25, 0.3) is 0 Å². The summed E-state index contributed by atoms with van der Waals surface area (Å²) >= 11 is 0. The summed E-state index contributed by atoms with van der Waals surface area (Å²) in [7, 11) is 0. The minimum Gasteiger partial charge on any atom is -0.482 e. The topological polar surface area (TPSA) is 67.4 Å². The van der Waals surface area contributed by atoms with E-state index in [1.165, 1.54) is 0 Å². The van der Waals surface area contributed by atoms with E-state index in [-0.39, 0.29) is 30.9 Å². The van der Waals surface area contributed by atoms with Gasteiger partial charge in [-0.15, -0.1) is 0 Å². The summed E-state index contributed by atoms with van der Waals surface area (Å²) in [5.41, 5.74) is 2.50. The highest BCUT2D eigenvalue weighted by Crippen LogP contribution is 2.28. The van der Waals surface area contributed by atoms with Crippen molar-refractivity contribution < 1.29 is 14.3 Å². The molecule has 3 rings (SSSR count). The van der Waals surface area contributed by atoms with Crippen LogP contribution in [0.15, 0.2) is 48.5 Å². The highest BCUT2D eigenvalue weighted by Gasteiger charge is 2.17. The van der Waals surface area contributed by atoms with E-state index in [2.05, 4.69) is 10.6 Å². The van der Waals surface area contributed by atoms with Crippen LogP contribution in [-0.2, 0) is 16.0 Å². The van der Waals surface area contributed by atoms with Crippen LogP contribution < -0.4 is 15.4 Å². The molecule has 2 amide bonds. The van der Waals surface area contributed by atoms with Crippen LogP contribution in [0.3, 0.4) is 0 Å². The fourth-order valence-corrected chi connectivity index (χ4v) is 2.54. The van der Waals surface area contributed by atoms with Gasteiger partial charge in [0.1, 0.15) is 5.75 Å². The Morgan fingerprint density at radius 1 is 1.26 bits per heavy atom. The smallest absolute Gasteiger partial charge is 0.262 e. The first-order chi connectivity index (χ1) is 11.1. The summed E-state index contributed by atoms with van der Waals surface area (Å²) in [6.45, 7) is 1.98. The summed E-state index contributed by atoms with van der Waals surface area (Å²) in [6.07, 6.45) is 0.250. The van der Waals surface area contributed by atoms with Gasteiger partial charge >= 0.3 is 0 Å². The molecule has 2 N–H and O–H groups in total. The van der Waals surface area contributed by atoms with E-state index in [0.717, 1.165) is 11.1 Å². The second-order valence-electron chi connectivity index (χ2n) is 5.54. The average molecular weight is 310 g/mol. The zero-order chi connectivity index (χ0) is 16.2. The van der Waals surface area contributed by atoms with Crippen molar-refractivity contribution >= 4 is 17.5 Å². The SMILES string of the molecule is C[C@@H](NC(=O)Cc1ccc2c(c1)NC(=O)CO2)c1ccccc1. The van der Waals surface area contributed by atoms with Crippen molar-refractivity contribution in [2.24, 2.45) is 0 Å². The second-order valence-corrected chi connectivity index (χ2v) is 5.54. The first-order valence-electron chi connectivity index (χ1n) is 7.52. The lowest BCUT2D eigenvalue weighted by Gasteiger charge is -2.19. The van der Waals surface area contributed by atoms with E-state index in [4.69, 9.17) is 4.74 Å². The molecule has 1 atom stereocenters. The van der Waals surface area contributed by atoms with Crippen LogP contribution in [-0.4, -0.2) is 18.4 Å². The molecule has 0 unspecified atom stereocenters. The zero-order valence-corrected chi connectivity index (χ0v) is 12.8. The second kappa shape index (κ2) is 6.52. The van der Waals surface area contributed by atoms with Gasteiger partial charge in [0, 0.05) is 0 Å². The average Bonchev–Trinajstić information content (AvgIpc) is 2.55. The molecule has 5 heteroatoms. The number of anilines is 1. The van der Waals surface area contributed by atoms with Crippen LogP contribution >= 0.6 is 0 Å². The van der Waals surface area contributed by atoms with Crippen LogP contribution in [0.5, 0.6) is 5.75 Å². The Morgan fingerprint density at radius 2 is 2.04 bits per heavy atom. The summed E-state index contributed by atoms with van der Waals surface area (Å²) in [5.74, 6) is 0.382. The van der Waals surface area contributed by atoms with Gasteiger partial charge in [0.15, 0.2) is 6.61 Å². The van der Waals surface area contributed by atoms with Gasteiger partial charge in [-0.3, -0.25) is 9.59 Å². The molecule has 0 spiro atoms. The molecular formula is C18H18N2O3. The summed E-state index contributed by atoms with van der Waals surface area (Å²) < 4.78 is 5.31. The predicted molar refractivity (Wildman–Crippen MR) is 87.3 cm³/mol. The molecule has 2 aromatic rings. The Bertz CT molecular complexity index is 728. The maximum Gasteiger partial charge on any atom is 0.262 e. The van der Waals surface area contributed by atoms with Crippen LogP contribution in [0, 0.1) is 0 Å². The van der Waals surface area contributed by atoms with Gasteiger partial charge in [0.05, 0.1) is 18.2 Å². The van der Waals surface area contributed by atoms with Crippen molar-refractivity contribution in [1.29, 1.82) is 0 Å². The van der Waals surface area contributed by atoms with E-state index in [9.17, 15) is 9.59 Å². The largest absolute Gasteiger partial charge is 0.482 e. The van der Waals surface area contributed by atoms with E-state index in [0.29, 0.717) is 11.4 Å². The van der Waals surface area contributed by atoms with E-state index in [1.54, 1.807) is 12.1 Å². The normalized spacial score (nSPS) is 14.2. The summed E-state index contributed by atoms with van der Waals surface area (Å²) in [6, 6.07) is 15.1. The number of nitrogens with one attached hydrogen (secondary N) is 2. The fraction of sp³-hybridized carbons (Fsp3) is 0.222. The molecule has 0 aromatic heterocycles. The van der Waals surface area contributed by atoms with E-state index < -0.39 is 0 Å². The molecule has 0 saturated carbocycles. The highest BCUT2D eigenvalue weighted by molar-refractivity contribution is 5.95. The minimum atomic E-state index is -0.184. The Kier molecular flexibility index (Phi) is 4.28. The minimum absolute atomic E-state index is 0.0292. The standard InChI is InChI=1S/C18H18N2O3/c1-12(14-5-3-2-4-6-14)19-17(21)10-13-7-8-16-15(9-13)20-18(22)11-23-16/h2-9,12H,10-11H2,1H3,(H,19,21)(H,20,22)/t12-/m1/s1. The number of amides is 2. The lowest BCUT2D eigenvalue weighted by molar-refractivity contribution is -0.121. The summed E-state index contributed by atoms with van der Waals surface area (Å²) in [5, 5.41) is 5.72. The molecule has 1 heterocycles. The zero-order valence-electron chi connectivity index (χ0n) is 12.8. The van der Waals surface area contributed by atoms with E-state index in [1.807, 2.05) is 43.3 Å². The van der Waals surface area contributed by atoms with Gasteiger partial charge in [-0.2, -0.15) is 0 Å². The lowest BCUT2D eigenvalue weighted by Crippen LogP contribution is -2.28. The van der Waals surface area contributed by atoms with Crippen LogP contribution in [0.4, 0.5) is 5.69 Å². The number of carbonyl (C=O) groups is 2. The third-order valence-electron chi connectivity index (χ3n) is 3.72. The van der Waals surface area contributed by atoms with Crippen molar-refractivity contribution in [3.63, 3.8) is 0 Å². The van der Waals surface area contributed by atoms with Crippen molar-refractivity contribution in [3.8, 4) is 5.75 Å². The fourth-order valence-electron chi connectivity index (χ4n) is 2.54. The van der Waals surface area contributed by atoms with E-state index >= 15 is 0 Å². The number of hydrogen-bond donors (Lipinski definition) is 2. The van der Waals surface area contributed by atoms with Crippen molar-refractivity contribution in [3.05, 3.63) is 59.7 Å². The Labute approximate surface area is 134 Å². The quantitative estimate of drug-likeness (QED) is 0.911. The van der Waals surface area contributed by atoms with Gasteiger partial charge < -0.3 is 15.4 Å². The third-order valence-corrected chi connectivity index (χ3v) is 3.72. The van der Waals surface area contributed by atoms with Gasteiger partial charge in [0.2, 0.25) is 5.91 Å². The van der Waals surface area contributed by atoms with Crippen molar-refractivity contribution in [2.75, 3.05) is 11.9 Å². The monoisotopic (exact) mass is 310 g/mol. The number of carbonyl (C=O) groups excluding carboxylic acids is 2. The molecule has 0 fully saturated rings. The molecule has 0 saturated heterocycles. The third kappa shape index (κ3) is 3.69. The first-order valence-corrected chi connectivity index (χ1v) is 7.52. The molecule has 0 aliphatic carbocycles. The Balaban J connectivity index is 1.64. The summed E-state index contributed by atoms with van der Waals surface area (Å²) in [4.78, 5) is 23.5. The molecule has 0 bridgehead atoms. The van der Waals surface area contributed by atoms with Gasteiger partial charge in [0.25, 0.3) is 5.91 Å². The Morgan fingerprint density at radius 3 is 2.83 bits per heavy atom. The number of rotatable bonds is 4. The van der Waals surface area contributed by atoms with Crippen LogP contribution in [0.2, 0.25) is 0 Å². The molecule has 1 aliphatic rings. The molecular weight excluding hydrogens is 292 g/mol. The first kappa shape index (κ1) is 15.1. The highest BCUT2D eigenvalue weighted by atomic mass is 16.5.